The van der Waals surface area contributed by atoms with Crippen molar-refractivity contribution in [2.45, 2.75) is 13.0 Å². The van der Waals surface area contributed by atoms with Crippen molar-refractivity contribution in [3.05, 3.63) is 54.4 Å². The number of methoxy groups -OCH3 is 1. The molecule has 1 aromatic carbocycles. The Morgan fingerprint density at radius 1 is 1.29 bits per heavy atom. The second kappa shape index (κ2) is 10.6. The second-order valence-corrected chi connectivity index (χ2v) is 6.75. The van der Waals surface area contributed by atoms with Crippen molar-refractivity contribution in [1.82, 2.24) is 14.8 Å². The number of aromatic nitrogens is 1. The van der Waals surface area contributed by atoms with Crippen LogP contribution in [0.4, 0.5) is 10.5 Å². The van der Waals surface area contributed by atoms with Crippen LogP contribution in [0, 0.1) is 0 Å². The predicted molar refractivity (Wildman–Crippen MR) is 109 cm³/mol. The summed E-state index contributed by atoms with van der Waals surface area (Å²) < 4.78 is 10.6. The van der Waals surface area contributed by atoms with Gasteiger partial charge in [-0.05, 0) is 30.2 Å². The first-order valence-electron chi connectivity index (χ1n) is 9.63. The lowest BCUT2D eigenvalue weighted by Gasteiger charge is -2.28. The first-order chi connectivity index (χ1) is 13.7. The van der Waals surface area contributed by atoms with Crippen molar-refractivity contribution < 1.29 is 14.3 Å². The summed E-state index contributed by atoms with van der Waals surface area (Å²) >= 11 is 0. The fourth-order valence-electron chi connectivity index (χ4n) is 3.18. The third-order valence-corrected chi connectivity index (χ3v) is 4.71. The van der Waals surface area contributed by atoms with E-state index in [1.807, 2.05) is 41.3 Å². The molecule has 1 fully saturated rings. The number of nitrogens with zero attached hydrogens (tertiary/aromatic N) is 3. The van der Waals surface area contributed by atoms with Gasteiger partial charge in [0.15, 0.2) is 0 Å². The molecule has 2 aromatic rings. The Bertz CT molecular complexity index is 735. The van der Waals surface area contributed by atoms with E-state index in [1.165, 1.54) is 0 Å². The average Bonchev–Trinajstić information content (AvgIpc) is 2.74. The van der Waals surface area contributed by atoms with Gasteiger partial charge in [0.2, 0.25) is 0 Å². The minimum atomic E-state index is -0.126. The maximum Gasteiger partial charge on any atom is 0.322 e. The molecule has 1 aromatic heterocycles. The van der Waals surface area contributed by atoms with Crippen LogP contribution >= 0.6 is 0 Å². The summed E-state index contributed by atoms with van der Waals surface area (Å²) in [5.41, 5.74) is 1.73. The van der Waals surface area contributed by atoms with Crippen LogP contribution < -0.4 is 10.1 Å². The lowest BCUT2D eigenvalue weighted by atomic mass is 10.2. The van der Waals surface area contributed by atoms with Crippen LogP contribution in [0.5, 0.6) is 5.75 Å². The zero-order valence-corrected chi connectivity index (χ0v) is 16.3. The lowest BCUT2D eigenvalue weighted by Crippen LogP contribution is -2.40. The third kappa shape index (κ3) is 6.21. The normalized spacial score (nSPS) is 14.5. The van der Waals surface area contributed by atoms with Gasteiger partial charge in [0.05, 0.1) is 20.3 Å². The maximum atomic E-state index is 12.9. The average molecular weight is 384 g/mol. The van der Waals surface area contributed by atoms with Gasteiger partial charge in [0.1, 0.15) is 5.75 Å². The molecule has 7 heteroatoms. The number of carbonyl (C=O) groups excluding carboxylic acids is 1. The van der Waals surface area contributed by atoms with E-state index in [0.717, 1.165) is 44.8 Å². The molecule has 2 heterocycles. The largest absolute Gasteiger partial charge is 0.497 e. The molecule has 0 bridgehead atoms. The highest BCUT2D eigenvalue weighted by atomic mass is 16.5. The third-order valence-electron chi connectivity index (χ3n) is 4.71. The minimum Gasteiger partial charge on any atom is -0.497 e. The van der Waals surface area contributed by atoms with Gasteiger partial charge in [-0.2, -0.15) is 0 Å². The Balaban J connectivity index is 1.61. The Morgan fingerprint density at radius 2 is 2.14 bits per heavy atom. The molecule has 3 rings (SSSR count). The van der Waals surface area contributed by atoms with E-state index in [2.05, 4.69) is 15.2 Å². The zero-order chi connectivity index (χ0) is 19.6. The Kier molecular flexibility index (Phi) is 7.63. The molecular weight excluding hydrogens is 356 g/mol. The quantitative estimate of drug-likeness (QED) is 0.758. The number of amides is 2. The molecule has 28 heavy (non-hydrogen) atoms. The number of morpholine rings is 1. The van der Waals surface area contributed by atoms with Crippen molar-refractivity contribution in [3.8, 4) is 5.75 Å². The van der Waals surface area contributed by atoms with E-state index in [9.17, 15) is 4.79 Å². The van der Waals surface area contributed by atoms with Gasteiger partial charge >= 0.3 is 6.03 Å². The number of ether oxygens (including phenoxy) is 2. The van der Waals surface area contributed by atoms with Crippen molar-refractivity contribution in [2.24, 2.45) is 0 Å². The minimum absolute atomic E-state index is 0.126. The van der Waals surface area contributed by atoms with E-state index < -0.39 is 0 Å². The van der Waals surface area contributed by atoms with Crippen molar-refractivity contribution in [1.29, 1.82) is 0 Å². The number of hydrogen-bond donors (Lipinski definition) is 1. The van der Waals surface area contributed by atoms with Gasteiger partial charge in [-0.1, -0.05) is 12.1 Å². The van der Waals surface area contributed by atoms with Crippen LogP contribution in [-0.4, -0.2) is 67.3 Å². The van der Waals surface area contributed by atoms with Gasteiger partial charge in [-0.25, -0.2) is 4.79 Å². The summed E-state index contributed by atoms with van der Waals surface area (Å²) in [6.07, 6.45) is 4.45. The molecule has 7 nitrogen and oxygen atoms in total. The van der Waals surface area contributed by atoms with Crippen molar-refractivity contribution in [3.63, 3.8) is 0 Å². The molecular formula is C21H28N4O3. The molecule has 0 radical (unpaired) electrons. The molecule has 0 saturated carbocycles. The van der Waals surface area contributed by atoms with E-state index >= 15 is 0 Å². The monoisotopic (exact) mass is 384 g/mol. The topological polar surface area (TPSA) is 66.9 Å². The van der Waals surface area contributed by atoms with Crippen LogP contribution in [0.15, 0.2) is 48.8 Å². The number of nitrogens with one attached hydrogen (secondary N) is 1. The molecule has 150 valence electrons. The molecule has 0 unspecified atom stereocenters. The highest BCUT2D eigenvalue weighted by molar-refractivity contribution is 5.89. The zero-order valence-electron chi connectivity index (χ0n) is 16.3. The summed E-state index contributed by atoms with van der Waals surface area (Å²) in [4.78, 5) is 21.3. The second-order valence-electron chi connectivity index (χ2n) is 6.75. The van der Waals surface area contributed by atoms with Gasteiger partial charge in [-0.15, -0.1) is 0 Å². The van der Waals surface area contributed by atoms with Crippen molar-refractivity contribution in [2.75, 3.05) is 51.8 Å². The molecule has 1 aliphatic rings. The number of rotatable bonds is 8. The molecule has 1 N–H and O–H groups in total. The number of carbonyl (C=O) groups is 1. The van der Waals surface area contributed by atoms with Crippen LogP contribution in [-0.2, 0) is 11.3 Å². The summed E-state index contributed by atoms with van der Waals surface area (Å²) in [5.74, 6) is 0.712. The van der Waals surface area contributed by atoms with Gasteiger partial charge in [0.25, 0.3) is 0 Å². The predicted octanol–water partition coefficient (Wildman–Crippen LogP) is 2.85. The molecule has 2 amide bonds. The number of urea groups is 1. The lowest BCUT2D eigenvalue weighted by molar-refractivity contribution is 0.0365. The van der Waals surface area contributed by atoms with E-state index in [-0.39, 0.29) is 6.03 Å². The molecule has 1 aliphatic heterocycles. The van der Waals surface area contributed by atoms with Crippen LogP contribution in [0.1, 0.15) is 12.0 Å². The maximum absolute atomic E-state index is 12.9. The SMILES string of the molecule is COc1cccc(NC(=O)N(CCCN2CCOCC2)Cc2cccnc2)c1. The number of anilines is 1. The Hall–Kier alpha value is -2.64. The van der Waals surface area contributed by atoms with E-state index in [4.69, 9.17) is 9.47 Å². The van der Waals surface area contributed by atoms with Crippen LogP contribution in [0.25, 0.3) is 0 Å². The van der Waals surface area contributed by atoms with Crippen molar-refractivity contribution >= 4 is 11.7 Å². The smallest absolute Gasteiger partial charge is 0.322 e. The Morgan fingerprint density at radius 3 is 2.89 bits per heavy atom. The van der Waals surface area contributed by atoms with Crippen LogP contribution in [0.2, 0.25) is 0 Å². The van der Waals surface area contributed by atoms with Crippen LogP contribution in [0.3, 0.4) is 0 Å². The number of benzene rings is 1. The summed E-state index contributed by atoms with van der Waals surface area (Å²) in [6.45, 7) is 5.64. The molecule has 0 aliphatic carbocycles. The van der Waals surface area contributed by atoms with Gasteiger partial charge in [0, 0.05) is 56.9 Å². The molecule has 0 atom stereocenters. The fraction of sp³-hybridized carbons (Fsp3) is 0.429. The standard InChI is InChI=1S/C21H28N4O3/c1-27-20-7-2-6-19(15-20)23-21(26)25(17-18-5-3-8-22-16-18)10-4-9-24-11-13-28-14-12-24/h2-3,5-8,15-16H,4,9-14,17H2,1H3,(H,23,26). The van der Waals surface area contributed by atoms with E-state index in [0.29, 0.717) is 24.5 Å². The molecule has 0 spiro atoms. The molecule has 1 saturated heterocycles. The fourth-order valence-corrected chi connectivity index (χ4v) is 3.18. The van der Waals surface area contributed by atoms with Gasteiger partial charge in [-0.3, -0.25) is 9.88 Å². The Labute approximate surface area is 166 Å². The van der Waals surface area contributed by atoms with E-state index in [1.54, 1.807) is 19.5 Å². The highest BCUT2D eigenvalue weighted by Gasteiger charge is 2.16. The number of hydrogen-bond acceptors (Lipinski definition) is 5. The van der Waals surface area contributed by atoms with Gasteiger partial charge < -0.3 is 19.7 Å². The highest BCUT2D eigenvalue weighted by Crippen LogP contribution is 2.17. The summed E-state index contributed by atoms with van der Waals surface area (Å²) in [6, 6.07) is 11.1. The first-order valence-corrected chi connectivity index (χ1v) is 9.63. The summed E-state index contributed by atoms with van der Waals surface area (Å²) in [7, 11) is 1.61. The summed E-state index contributed by atoms with van der Waals surface area (Å²) in [5, 5.41) is 2.98. The number of pyridine rings is 1. The first kappa shape index (κ1) is 20.1.